The predicted octanol–water partition coefficient (Wildman–Crippen LogP) is 4.79. The standard InChI is InChI=1S/C22H19ClN2O2/c1-14-9-10-17(12-19(14)23)24-22(27)16-11-21(26)25(13-16)20-8-4-6-15-5-2-3-7-18(15)20/h2-10,12,16H,11,13H2,1H3,(H,24,27)/t16-/m1/s1. The molecule has 4 nitrogen and oxygen atoms in total. The summed E-state index contributed by atoms with van der Waals surface area (Å²) in [5, 5.41) is 5.57. The van der Waals surface area contributed by atoms with Crippen LogP contribution in [0.3, 0.4) is 0 Å². The highest BCUT2D eigenvalue weighted by Gasteiger charge is 2.35. The van der Waals surface area contributed by atoms with E-state index in [2.05, 4.69) is 5.32 Å². The lowest BCUT2D eigenvalue weighted by molar-refractivity contribution is -0.122. The Labute approximate surface area is 162 Å². The molecular weight excluding hydrogens is 360 g/mol. The van der Waals surface area contributed by atoms with E-state index in [-0.39, 0.29) is 18.2 Å². The van der Waals surface area contributed by atoms with Crippen LogP contribution in [0.1, 0.15) is 12.0 Å². The highest BCUT2D eigenvalue weighted by Crippen LogP contribution is 2.32. The lowest BCUT2D eigenvalue weighted by Crippen LogP contribution is -2.28. The number of carbonyl (C=O) groups is 2. The van der Waals surface area contributed by atoms with Crippen molar-refractivity contribution in [2.45, 2.75) is 13.3 Å². The molecule has 3 aromatic rings. The Morgan fingerprint density at radius 1 is 1.11 bits per heavy atom. The average molecular weight is 379 g/mol. The Hall–Kier alpha value is -2.85. The van der Waals surface area contributed by atoms with Crippen molar-refractivity contribution in [1.82, 2.24) is 0 Å². The number of anilines is 2. The summed E-state index contributed by atoms with van der Waals surface area (Å²) in [4.78, 5) is 27.0. The first-order chi connectivity index (χ1) is 13.0. The van der Waals surface area contributed by atoms with Crippen LogP contribution in [0, 0.1) is 12.8 Å². The fraction of sp³-hybridized carbons (Fsp3) is 0.182. The third kappa shape index (κ3) is 3.40. The van der Waals surface area contributed by atoms with Crippen LogP contribution >= 0.6 is 11.6 Å². The molecule has 136 valence electrons. The van der Waals surface area contributed by atoms with Gasteiger partial charge in [-0.05, 0) is 36.1 Å². The average Bonchev–Trinajstić information content (AvgIpc) is 3.06. The van der Waals surface area contributed by atoms with Crippen LogP contribution in [0.5, 0.6) is 0 Å². The minimum absolute atomic E-state index is 0.0339. The number of hydrogen-bond donors (Lipinski definition) is 1. The van der Waals surface area contributed by atoms with Crippen LogP contribution in [0.25, 0.3) is 10.8 Å². The molecule has 0 saturated carbocycles. The second kappa shape index (κ2) is 7.05. The first kappa shape index (κ1) is 17.6. The van der Waals surface area contributed by atoms with Crippen LogP contribution < -0.4 is 10.2 Å². The summed E-state index contributed by atoms with van der Waals surface area (Å²) in [6.45, 7) is 2.28. The van der Waals surface area contributed by atoms with Crippen molar-refractivity contribution < 1.29 is 9.59 Å². The van der Waals surface area contributed by atoms with Crippen molar-refractivity contribution in [3.63, 3.8) is 0 Å². The van der Waals surface area contributed by atoms with Crippen molar-refractivity contribution in [1.29, 1.82) is 0 Å². The maximum Gasteiger partial charge on any atom is 0.229 e. The zero-order chi connectivity index (χ0) is 19.0. The number of carbonyl (C=O) groups excluding carboxylic acids is 2. The number of nitrogens with one attached hydrogen (secondary N) is 1. The second-order valence-corrected chi connectivity index (χ2v) is 7.26. The largest absolute Gasteiger partial charge is 0.326 e. The third-order valence-corrected chi connectivity index (χ3v) is 5.40. The smallest absolute Gasteiger partial charge is 0.229 e. The van der Waals surface area contributed by atoms with E-state index in [1.807, 2.05) is 61.5 Å². The molecule has 3 aromatic carbocycles. The maximum atomic E-state index is 12.7. The van der Waals surface area contributed by atoms with Gasteiger partial charge in [-0.25, -0.2) is 0 Å². The lowest BCUT2D eigenvalue weighted by Gasteiger charge is -2.19. The van der Waals surface area contributed by atoms with Crippen LogP contribution in [0.15, 0.2) is 60.7 Å². The fourth-order valence-corrected chi connectivity index (χ4v) is 3.66. The first-order valence-electron chi connectivity index (χ1n) is 8.88. The predicted molar refractivity (Wildman–Crippen MR) is 109 cm³/mol. The summed E-state index contributed by atoms with van der Waals surface area (Å²) in [5.74, 6) is -0.587. The van der Waals surface area contributed by atoms with E-state index in [0.29, 0.717) is 17.3 Å². The van der Waals surface area contributed by atoms with Gasteiger partial charge in [0.15, 0.2) is 0 Å². The first-order valence-corrected chi connectivity index (χ1v) is 9.26. The van der Waals surface area contributed by atoms with Gasteiger partial charge in [-0.1, -0.05) is 54.1 Å². The normalized spacial score (nSPS) is 16.7. The van der Waals surface area contributed by atoms with E-state index in [1.165, 1.54) is 0 Å². The zero-order valence-electron chi connectivity index (χ0n) is 14.9. The molecule has 0 aliphatic carbocycles. The molecule has 0 radical (unpaired) electrons. The minimum Gasteiger partial charge on any atom is -0.326 e. The molecule has 1 atom stereocenters. The third-order valence-electron chi connectivity index (χ3n) is 4.99. The number of fused-ring (bicyclic) bond motifs is 1. The number of halogens is 1. The summed E-state index contributed by atoms with van der Waals surface area (Å²) < 4.78 is 0. The number of aryl methyl sites for hydroxylation is 1. The highest BCUT2D eigenvalue weighted by molar-refractivity contribution is 6.31. The molecule has 27 heavy (non-hydrogen) atoms. The zero-order valence-corrected chi connectivity index (χ0v) is 15.7. The van der Waals surface area contributed by atoms with Crippen molar-refractivity contribution in [2.24, 2.45) is 5.92 Å². The van der Waals surface area contributed by atoms with Crippen molar-refractivity contribution in [3.05, 3.63) is 71.2 Å². The van der Waals surface area contributed by atoms with Gasteiger partial charge in [0.25, 0.3) is 0 Å². The number of rotatable bonds is 3. The molecule has 1 aliphatic heterocycles. The lowest BCUT2D eigenvalue weighted by atomic mass is 10.1. The van der Waals surface area contributed by atoms with E-state index >= 15 is 0 Å². The fourth-order valence-electron chi connectivity index (χ4n) is 3.47. The molecule has 1 saturated heterocycles. The quantitative estimate of drug-likeness (QED) is 0.712. The van der Waals surface area contributed by atoms with Gasteiger partial charge in [0.05, 0.1) is 11.6 Å². The molecule has 2 amide bonds. The van der Waals surface area contributed by atoms with E-state index in [1.54, 1.807) is 11.0 Å². The van der Waals surface area contributed by atoms with Crippen molar-refractivity contribution in [2.75, 3.05) is 16.8 Å². The molecule has 1 heterocycles. The summed E-state index contributed by atoms with van der Waals surface area (Å²) in [5.41, 5.74) is 2.45. The molecule has 0 bridgehead atoms. The Morgan fingerprint density at radius 3 is 2.70 bits per heavy atom. The van der Waals surface area contributed by atoms with Gasteiger partial charge in [0.1, 0.15) is 0 Å². The summed E-state index contributed by atoms with van der Waals surface area (Å²) in [6.07, 6.45) is 0.203. The molecule has 4 rings (SSSR count). The molecule has 0 aromatic heterocycles. The Bertz CT molecular complexity index is 1040. The van der Waals surface area contributed by atoms with Gasteiger partial charge in [0.2, 0.25) is 11.8 Å². The van der Waals surface area contributed by atoms with Gasteiger partial charge in [-0.3, -0.25) is 9.59 Å². The number of amides is 2. The van der Waals surface area contributed by atoms with Crippen LogP contribution in [0.2, 0.25) is 5.02 Å². The minimum atomic E-state index is -0.392. The Kier molecular flexibility index (Phi) is 4.58. The number of benzene rings is 3. The molecule has 1 fully saturated rings. The monoisotopic (exact) mass is 378 g/mol. The molecule has 1 N–H and O–H groups in total. The maximum absolute atomic E-state index is 12.7. The van der Waals surface area contributed by atoms with E-state index in [9.17, 15) is 9.59 Å². The van der Waals surface area contributed by atoms with Crippen LogP contribution in [0.4, 0.5) is 11.4 Å². The van der Waals surface area contributed by atoms with Gasteiger partial charge in [-0.15, -0.1) is 0 Å². The van der Waals surface area contributed by atoms with E-state index < -0.39 is 5.92 Å². The molecule has 0 spiro atoms. The molecule has 1 aliphatic rings. The Balaban J connectivity index is 1.55. The second-order valence-electron chi connectivity index (χ2n) is 6.86. The number of hydrogen-bond acceptors (Lipinski definition) is 2. The molecule has 5 heteroatoms. The van der Waals surface area contributed by atoms with E-state index in [0.717, 1.165) is 22.0 Å². The van der Waals surface area contributed by atoms with Gasteiger partial charge >= 0.3 is 0 Å². The summed E-state index contributed by atoms with van der Waals surface area (Å²) in [6, 6.07) is 19.2. The Morgan fingerprint density at radius 2 is 1.89 bits per heavy atom. The van der Waals surface area contributed by atoms with Crippen molar-refractivity contribution in [3.8, 4) is 0 Å². The number of nitrogens with zero attached hydrogens (tertiary/aromatic N) is 1. The van der Waals surface area contributed by atoms with Gasteiger partial charge in [0, 0.05) is 29.1 Å². The topological polar surface area (TPSA) is 49.4 Å². The van der Waals surface area contributed by atoms with Gasteiger partial charge in [-0.2, -0.15) is 0 Å². The molecular formula is C22H19ClN2O2. The van der Waals surface area contributed by atoms with Crippen LogP contribution in [-0.4, -0.2) is 18.4 Å². The SMILES string of the molecule is Cc1ccc(NC(=O)[C@@H]2CC(=O)N(c3cccc4ccccc34)C2)cc1Cl. The van der Waals surface area contributed by atoms with Crippen molar-refractivity contribution >= 4 is 45.6 Å². The summed E-state index contributed by atoms with van der Waals surface area (Å²) >= 11 is 6.13. The highest BCUT2D eigenvalue weighted by atomic mass is 35.5. The summed E-state index contributed by atoms with van der Waals surface area (Å²) in [7, 11) is 0. The van der Waals surface area contributed by atoms with Gasteiger partial charge < -0.3 is 10.2 Å². The van der Waals surface area contributed by atoms with Crippen LogP contribution in [-0.2, 0) is 9.59 Å². The molecule has 0 unspecified atom stereocenters. The van der Waals surface area contributed by atoms with E-state index in [4.69, 9.17) is 11.6 Å².